The molecular formula is C14H25NO8P2. The van der Waals surface area contributed by atoms with Crippen LogP contribution in [0.25, 0.3) is 0 Å². The van der Waals surface area contributed by atoms with Crippen LogP contribution in [0.3, 0.4) is 0 Å². The van der Waals surface area contributed by atoms with Gasteiger partial charge in [-0.2, -0.15) is 0 Å². The first kappa shape index (κ1) is 22.3. The van der Waals surface area contributed by atoms with Gasteiger partial charge in [-0.05, 0) is 38.1 Å². The number of benzene rings is 1. The molecule has 0 fully saturated rings. The van der Waals surface area contributed by atoms with Crippen LogP contribution in [-0.4, -0.2) is 61.4 Å². The van der Waals surface area contributed by atoms with Gasteiger partial charge in [-0.1, -0.05) is 12.1 Å². The molecule has 0 heterocycles. The molecular weight excluding hydrogens is 372 g/mol. The molecule has 0 bridgehead atoms. The molecule has 0 unspecified atom stereocenters. The third kappa shape index (κ3) is 6.47. The number of hydrogen-bond acceptors (Lipinski definition) is 5. The Morgan fingerprint density at radius 2 is 1.72 bits per heavy atom. The molecule has 0 amide bonds. The number of hydrogen-bond donors (Lipinski definition) is 5. The van der Waals surface area contributed by atoms with Gasteiger partial charge in [0.1, 0.15) is 5.75 Å². The van der Waals surface area contributed by atoms with Crippen molar-refractivity contribution in [3.8, 4) is 5.75 Å². The van der Waals surface area contributed by atoms with Gasteiger partial charge in [-0.25, -0.2) is 0 Å². The first-order valence-corrected chi connectivity index (χ1v) is 10.8. The van der Waals surface area contributed by atoms with E-state index in [0.29, 0.717) is 19.6 Å². The van der Waals surface area contributed by atoms with Crippen molar-refractivity contribution in [2.24, 2.45) is 0 Å². The maximum Gasteiger partial charge on any atom is 0.369 e. The number of ether oxygens (including phenoxy) is 1. The second kappa shape index (κ2) is 8.75. The molecule has 0 aliphatic carbocycles. The molecule has 9 nitrogen and oxygen atoms in total. The van der Waals surface area contributed by atoms with Crippen LogP contribution >= 0.6 is 15.2 Å². The van der Waals surface area contributed by atoms with E-state index in [1.54, 1.807) is 11.9 Å². The first-order valence-electron chi connectivity index (χ1n) is 7.58. The van der Waals surface area contributed by atoms with E-state index in [2.05, 4.69) is 0 Å². The van der Waals surface area contributed by atoms with Crippen molar-refractivity contribution in [2.45, 2.75) is 24.8 Å². The fourth-order valence-corrected chi connectivity index (χ4v) is 4.28. The van der Waals surface area contributed by atoms with Crippen molar-refractivity contribution >= 4 is 15.2 Å². The summed E-state index contributed by atoms with van der Waals surface area (Å²) in [6, 6.07) is 7.55. The number of aryl methyl sites for hydroxylation is 1. The van der Waals surface area contributed by atoms with Gasteiger partial charge in [0.25, 0.3) is 5.08 Å². The Balaban J connectivity index is 2.45. The smallest absolute Gasteiger partial charge is 0.369 e. The summed E-state index contributed by atoms with van der Waals surface area (Å²) in [6.07, 6.45) is -0.161. The highest BCUT2D eigenvalue weighted by atomic mass is 31.2. The first-order chi connectivity index (χ1) is 11.4. The topological polar surface area (TPSA) is 148 Å². The SMILES string of the molecule is Cc1cccc(OCCCN(C)CCC(O)(P(=O)(O)O)P(=O)(O)O)c1. The van der Waals surface area contributed by atoms with Gasteiger partial charge in [-0.3, -0.25) is 9.13 Å². The lowest BCUT2D eigenvalue weighted by Crippen LogP contribution is -2.34. The molecule has 0 aliphatic heterocycles. The minimum atomic E-state index is -5.40. The summed E-state index contributed by atoms with van der Waals surface area (Å²) in [7, 11) is -9.18. The minimum Gasteiger partial charge on any atom is -0.494 e. The predicted octanol–water partition coefficient (Wildman–Crippen LogP) is 1.09. The molecule has 5 N–H and O–H groups in total. The number of aliphatic hydroxyl groups is 1. The number of rotatable bonds is 10. The third-order valence-corrected chi connectivity index (χ3v) is 7.58. The lowest BCUT2D eigenvalue weighted by atomic mass is 10.2. The van der Waals surface area contributed by atoms with Gasteiger partial charge < -0.3 is 34.3 Å². The summed E-state index contributed by atoms with van der Waals surface area (Å²) in [5.41, 5.74) is 1.07. The van der Waals surface area contributed by atoms with E-state index < -0.39 is 26.7 Å². The van der Waals surface area contributed by atoms with Crippen molar-refractivity contribution in [3.63, 3.8) is 0 Å². The van der Waals surface area contributed by atoms with Crippen LogP contribution in [0, 0.1) is 6.92 Å². The Bertz CT molecular complexity index is 634. The van der Waals surface area contributed by atoms with E-state index >= 15 is 0 Å². The summed E-state index contributed by atoms with van der Waals surface area (Å²) in [5, 5.41) is 6.43. The molecule has 0 saturated carbocycles. The Morgan fingerprint density at radius 1 is 1.12 bits per heavy atom. The van der Waals surface area contributed by atoms with Crippen LogP contribution < -0.4 is 4.74 Å². The standard InChI is InChI=1S/C14H25NO8P2/c1-12-5-3-6-13(11-12)23-10-4-8-15(2)9-7-14(16,24(17,18)19)25(20,21)22/h3,5-6,11,16H,4,7-10H2,1-2H3,(H2,17,18,19)(H2,20,21,22). The fraction of sp³-hybridized carbons (Fsp3) is 0.571. The van der Waals surface area contributed by atoms with E-state index in [1.807, 2.05) is 31.2 Å². The predicted molar refractivity (Wildman–Crippen MR) is 92.4 cm³/mol. The van der Waals surface area contributed by atoms with Crippen LogP contribution in [0.5, 0.6) is 5.75 Å². The Labute approximate surface area is 146 Å². The third-order valence-electron chi connectivity index (χ3n) is 3.70. The van der Waals surface area contributed by atoms with E-state index in [9.17, 15) is 14.2 Å². The highest BCUT2D eigenvalue weighted by Crippen LogP contribution is 2.68. The quantitative estimate of drug-likeness (QED) is 0.289. The summed E-state index contributed by atoms with van der Waals surface area (Å²) in [6.45, 7) is 2.72. The van der Waals surface area contributed by atoms with E-state index in [0.717, 1.165) is 11.3 Å². The molecule has 25 heavy (non-hydrogen) atoms. The fourth-order valence-electron chi connectivity index (χ4n) is 2.14. The maximum absolute atomic E-state index is 11.3. The monoisotopic (exact) mass is 397 g/mol. The van der Waals surface area contributed by atoms with Crippen LogP contribution in [0.2, 0.25) is 0 Å². The molecule has 0 radical (unpaired) electrons. The van der Waals surface area contributed by atoms with Gasteiger partial charge in [0, 0.05) is 19.5 Å². The molecule has 0 saturated heterocycles. The Kier molecular flexibility index (Phi) is 7.80. The minimum absolute atomic E-state index is 0.100. The van der Waals surface area contributed by atoms with Crippen molar-refractivity contribution in [2.75, 3.05) is 26.7 Å². The van der Waals surface area contributed by atoms with Gasteiger partial charge in [0.15, 0.2) is 0 Å². The molecule has 1 aromatic rings. The normalized spacial score (nSPS) is 13.3. The summed E-state index contributed by atoms with van der Waals surface area (Å²) < 4.78 is 28.1. The van der Waals surface area contributed by atoms with Crippen LogP contribution in [-0.2, 0) is 9.13 Å². The van der Waals surface area contributed by atoms with Crippen LogP contribution in [0.15, 0.2) is 24.3 Å². The van der Waals surface area contributed by atoms with Crippen molar-refractivity contribution < 1.29 is 38.5 Å². The molecule has 0 spiro atoms. The summed E-state index contributed by atoms with van der Waals surface area (Å²) in [5.74, 6) is 0.736. The highest BCUT2D eigenvalue weighted by Gasteiger charge is 2.58. The van der Waals surface area contributed by atoms with Crippen molar-refractivity contribution in [1.29, 1.82) is 0 Å². The largest absolute Gasteiger partial charge is 0.494 e. The van der Waals surface area contributed by atoms with E-state index in [1.165, 1.54) is 0 Å². The van der Waals surface area contributed by atoms with Gasteiger partial charge in [0.2, 0.25) is 0 Å². The second-order valence-electron chi connectivity index (χ2n) is 5.93. The molecule has 0 aromatic heterocycles. The zero-order valence-corrected chi connectivity index (χ0v) is 15.9. The molecule has 0 atom stereocenters. The second-order valence-corrected chi connectivity index (χ2v) is 9.94. The van der Waals surface area contributed by atoms with E-state index in [-0.39, 0.29) is 6.54 Å². The van der Waals surface area contributed by atoms with Crippen LogP contribution in [0.1, 0.15) is 18.4 Å². The van der Waals surface area contributed by atoms with Gasteiger partial charge in [-0.15, -0.1) is 0 Å². The molecule has 0 aliphatic rings. The molecule has 144 valence electrons. The van der Waals surface area contributed by atoms with Crippen molar-refractivity contribution in [3.05, 3.63) is 29.8 Å². The zero-order valence-electron chi connectivity index (χ0n) is 14.1. The average molecular weight is 397 g/mol. The zero-order chi connectivity index (χ0) is 19.3. The summed E-state index contributed by atoms with van der Waals surface area (Å²) >= 11 is 0. The van der Waals surface area contributed by atoms with Gasteiger partial charge >= 0.3 is 15.2 Å². The lowest BCUT2D eigenvalue weighted by Gasteiger charge is -2.30. The summed E-state index contributed by atoms with van der Waals surface area (Å²) in [4.78, 5) is 37.9. The average Bonchev–Trinajstić information content (AvgIpc) is 2.47. The molecule has 1 aromatic carbocycles. The molecule has 11 heteroatoms. The molecule has 1 rings (SSSR count). The van der Waals surface area contributed by atoms with Crippen molar-refractivity contribution in [1.82, 2.24) is 4.90 Å². The van der Waals surface area contributed by atoms with Gasteiger partial charge in [0.05, 0.1) is 6.61 Å². The highest BCUT2D eigenvalue weighted by molar-refractivity contribution is 7.72. The number of nitrogens with zero attached hydrogens (tertiary/aromatic N) is 1. The Morgan fingerprint density at radius 3 is 2.24 bits per heavy atom. The lowest BCUT2D eigenvalue weighted by molar-refractivity contribution is 0.111. The Hall–Kier alpha value is -0.760. The van der Waals surface area contributed by atoms with E-state index in [4.69, 9.17) is 24.3 Å². The maximum atomic E-state index is 11.3. The van der Waals surface area contributed by atoms with Crippen LogP contribution in [0.4, 0.5) is 0 Å².